The van der Waals surface area contributed by atoms with Crippen molar-refractivity contribution in [2.45, 2.75) is 13.5 Å². The number of hydrogen-bond acceptors (Lipinski definition) is 4. The highest BCUT2D eigenvalue weighted by Crippen LogP contribution is 2.13. The summed E-state index contributed by atoms with van der Waals surface area (Å²) in [5.41, 5.74) is 0. The Hall–Kier alpha value is -1.01. The molecule has 18 heavy (non-hydrogen) atoms. The molecule has 0 aliphatic carbocycles. The average Bonchev–Trinajstić information content (AvgIpc) is 2.81. The van der Waals surface area contributed by atoms with Crippen LogP contribution < -0.4 is 0 Å². The third-order valence-electron chi connectivity index (χ3n) is 2.41. The molecule has 1 amide bonds. The quantitative estimate of drug-likeness (QED) is 0.835. The smallest absolute Gasteiger partial charge is 0.307 e. The lowest BCUT2D eigenvalue weighted by atomic mass is 10.2. The normalized spacial score (nSPS) is 12.1. The fraction of sp³-hybridized carbons (Fsp3) is 0.500. The van der Waals surface area contributed by atoms with E-state index in [0.717, 1.165) is 4.88 Å². The molecule has 1 heterocycles. The number of hydrogen-bond donors (Lipinski definition) is 1. The van der Waals surface area contributed by atoms with Gasteiger partial charge in [-0.25, -0.2) is 0 Å². The van der Waals surface area contributed by atoms with E-state index in [9.17, 15) is 9.59 Å². The molecule has 1 aromatic rings. The maximum atomic E-state index is 11.8. The minimum Gasteiger partial charge on any atom is -0.481 e. The van der Waals surface area contributed by atoms with Gasteiger partial charge in [0.15, 0.2) is 0 Å². The van der Waals surface area contributed by atoms with Gasteiger partial charge in [0, 0.05) is 17.7 Å². The van der Waals surface area contributed by atoms with Gasteiger partial charge in [-0.15, -0.1) is 11.3 Å². The van der Waals surface area contributed by atoms with Crippen LogP contribution in [0.5, 0.6) is 0 Å². The van der Waals surface area contributed by atoms with Crippen molar-refractivity contribution in [3.63, 3.8) is 0 Å². The van der Waals surface area contributed by atoms with Gasteiger partial charge in [0.25, 0.3) is 0 Å². The van der Waals surface area contributed by atoms with E-state index in [-0.39, 0.29) is 5.91 Å². The molecule has 0 saturated carbocycles. The molecule has 6 heteroatoms. The summed E-state index contributed by atoms with van der Waals surface area (Å²) in [5, 5.41) is 10.7. The van der Waals surface area contributed by atoms with E-state index in [4.69, 9.17) is 5.11 Å². The number of carbonyl (C=O) groups excluding carboxylic acids is 1. The number of carbonyl (C=O) groups is 2. The summed E-state index contributed by atoms with van der Waals surface area (Å²) in [6, 6.07) is 3.95. The molecule has 1 atom stereocenters. The standard InChI is InChI=1S/C12H17NO3S2/c1-9(12(15)16)7-17-8-11(14)13(2)6-10-4-3-5-18-10/h3-5,9H,6-8H2,1-2H3,(H,15,16). The highest BCUT2D eigenvalue weighted by molar-refractivity contribution is 7.99. The first-order chi connectivity index (χ1) is 8.50. The predicted octanol–water partition coefficient (Wildman–Crippen LogP) is 2.16. The second-order valence-electron chi connectivity index (χ2n) is 4.08. The minimum atomic E-state index is -0.818. The zero-order valence-corrected chi connectivity index (χ0v) is 12.1. The summed E-state index contributed by atoms with van der Waals surface area (Å²) in [7, 11) is 1.77. The highest BCUT2D eigenvalue weighted by Gasteiger charge is 2.14. The second-order valence-corrected chi connectivity index (χ2v) is 6.15. The molecule has 1 N–H and O–H groups in total. The molecule has 0 spiro atoms. The van der Waals surface area contributed by atoms with Crippen LogP contribution in [0.1, 0.15) is 11.8 Å². The van der Waals surface area contributed by atoms with Gasteiger partial charge in [0.1, 0.15) is 0 Å². The van der Waals surface area contributed by atoms with Crippen LogP contribution in [0.3, 0.4) is 0 Å². The SMILES string of the molecule is CC(CSCC(=O)N(C)Cc1cccs1)C(=O)O. The van der Waals surface area contributed by atoms with Crippen molar-refractivity contribution in [2.24, 2.45) is 5.92 Å². The Morgan fingerprint density at radius 1 is 1.56 bits per heavy atom. The Morgan fingerprint density at radius 2 is 2.28 bits per heavy atom. The highest BCUT2D eigenvalue weighted by atomic mass is 32.2. The summed E-state index contributed by atoms with van der Waals surface area (Å²) < 4.78 is 0. The van der Waals surface area contributed by atoms with E-state index in [1.165, 1.54) is 11.8 Å². The van der Waals surface area contributed by atoms with Crippen molar-refractivity contribution >= 4 is 35.0 Å². The van der Waals surface area contributed by atoms with Crippen molar-refractivity contribution in [1.82, 2.24) is 4.90 Å². The van der Waals surface area contributed by atoms with Gasteiger partial charge in [0.2, 0.25) is 5.91 Å². The fourth-order valence-corrected chi connectivity index (χ4v) is 3.00. The van der Waals surface area contributed by atoms with Crippen LogP contribution in [0.4, 0.5) is 0 Å². The number of carboxylic acid groups (broad SMARTS) is 1. The summed E-state index contributed by atoms with van der Waals surface area (Å²) >= 11 is 2.99. The van der Waals surface area contributed by atoms with Crippen LogP contribution in [0.2, 0.25) is 0 Å². The van der Waals surface area contributed by atoms with Crippen molar-refractivity contribution in [2.75, 3.05) is 18.6 Å². The van der Waals surface area contributed by atoms with Gasteiger partial charge in [-0.2, -0.15) is 11.8 Å². The van der Waals surface area contributed by atoms with Gasteiger partial charge in [-0.3, -0.25) is 9.59 Å². The molecule has 0 bridgehead atoms. The lowest BCUT2D eigenvalue weighted by molar-refractivity contribution is -0.140. The van der Waals surface area contributed by atoms with Gasteiger partial charge in [-0.1, -0.05) is 13.0 Å². The summed E-state index contributed by atoms with van der Waals surface area (Å²) in [6.45, 7) is 2.26. The van der Waals surface area contributed by atoms with Crippen LogP contribution in [0, 0.1) is 5.92 Å². The van der Waals surface area contributed by atoms with Crippen molar-refractivity contribution < 1.29 is 14.7 Å². The number of carboxylic acids is 1. The van der Waals surface area contributed by atoms with Crippen LogP contribution in [-0.2, 0) is 16.1 Å². The Morgan fingerprint density at radius 3 is 2.83 bits per heavy atom. The van der Waals surface area contributed by atoms with Crippen LogP contribution in [-0.4, -0.2) is 40.4 Å². The molecular formula is C12H17NO3S2. The monoisotopic (exact) mass is 287 g/mol. The first-order valence-electron chi connectivity index (χ1n) is 5.57. The molecule has 0 aliphatic rings. The molecule has 100 valence electrons. The van der Waals surface area contributed by atoms with E-state index in [1.807, 2.05) is 17.5 Å². The molecule has 4 nitrogen and oxygen atoms in total. The Balaban J connectivity index is 2.26. The molecule has 1 aromatic heterocycles. The number of amides is 1. The second kappa shape index (κ2) is 7.43. The number of aliphatic carboxylic acids is 1. The van der Waals surface area contributed by atoms with Gasteiger partial charge >= 0.3 is 5.97 Å². The van der Waals surface area contributed by atoms with E-state index in [0.29, 0.717) is 18.1 Å². The Bertz CT molecular complexity index is 392. The van der Waals surface area contributed by atoms with Gasteiger partial charge in [-0.05, 0) is 11.4 Å². The zero-order valence-electron chi connectivity index (χ0n) is 10.5. The molecule has 0 saturated heterocycles. The summed E-state index contributed by atoms with van der Waals surface area (Å²) in [6.07, 6.45) is 0. The van der Waals surface area contributed by atoms with Gasteiger partial charge < -0.3 is 10.0 Å². The van der Waals surface area contributed by atoms with E-state index in [2.05, 4.69) is 0 Å². The first-order valence-corrected chi connectivity index (χ1v) is 7.61. The number of thiophene rings is 1. The molecule has 1 unspecified atom stereocenters. The van der Waals surface area contributed by atoms with Gasteiger partial charge in [0.05, 0.1) is 18.2 Å². The molecule has 0 radical (unpaired) electrons. The summed E-state index contributed by atoms with van der Waals surface area (Å²) in [5.74, 6) is -0.397. The van der Waals surface area contributed by atoms with E-state index >= 15 is 0 Å². The Labute approximate surface area is 115 Å². The number of nitrogens with zero attached hydrogens (tertiary/aromatic N) is 1. The third-order valence-corrected chi connectivity index (χ3v) is 4.46. The molecule has 1 rings (SSSR count). The largest absolute Gasteiger partial charge is 0.481 e. The van der Waals surface area contributed by atoms with Crippen LogP contribution in [0.15, 0.2) is 17.5 Å². The molecular weight excluding hydrogens is 270 g/mol. The number of rotatable bonds is 7. The van der Waals surface area contributed by atoms with Crippen molar-refractivity contribution in [3.05, 3.63) is 22.4 Å². The van der Waals surface area contributed by atoms with Crippen LogP contribution in [0.25, 0.3) is 0 Å². The van der Waals surface area contributed by atoms with E-state index in [1.54, 1.807) is 30.2 Å². The third kappa shape index (κ3) is 5.10. The average molecular weight is 287 g/mol. The first kappa shape index (κ1) is 15.0. The van der Waals surface area contributed by atoms with Crippen molar-refractivity contribution in [1.29, 1.82) is 0 Å². The topological polar surface area (TPSA) is 57.6 Å². The lowest BCUT2D eigenvalue weighted by Crippen LogP contribution is -2.28. The maximum Gasteiger partial charge on any atom is 0.307 e. The Kier molecular flexibility index (Phi) is 6.21. The van der Waals surface area contributed by atoms with Crippen molar-refractivity contribution in [3.8, 4) is 0 Å². The molecule has 0 aliphatic heterocycles. The molecule has 0 fully saturated rings. The predicted molar refractivity (Wildman–Crippen MR) is 74.9 cm³/mol. The fourth-order valence-electron chi connectivity index (χ4n) is 1.23. The minimum absolute atomic E-state index is 0.0333. The molecule has 0 aromatic carbocycles. The maximum absolute atomic E-state index is 11.8. The van der Waals surface area contributed by atoms with E-state index < -0.39 is 11.9 Å². The summed E-state index contributed by atoms with van der Waals surface area (Å²) in [4.78, 5) is 25.2. The number of thioether (sulfide) groups is 1. The lowest BCUT2D eigenvalue weighted by Gasteiger charge is -2.16. The van der Waals surface area contributed by atoms with Crippen LogP contribution >= 0.6 is 23.1 Å². The zero-order chi connectivity index (χ0) is 13.5.